The summed E-state index contributed by atoms with van der Waals surface area (Å²) >= 11 is 0. The van der Waals surface area contributed by atoms with Crippen molar-refractivity contribution in [3.05, 3.63) is 64.7 Å². The van der Waals surface area contributed by atoms with E-state index in [9.17, 15) is 9.59 Å². The Hall–Kier alpha value is -2.66. The largest absolute Gasteiger partial charge is 0.337 e. The third kappa shape index (κ3) is 4.26. The first-order valence-electron chi connectivity index (χ1n) is 10.9. The van der Waals surface area contributed by atoms with Crippen LogP contribution >= 0.6 is 0 Å². The first kappa shape index (κ1) is 20.6. The molecule has 2 aliphatic rings. The Morgan fingerprint density at radius 3 is 2.63 bits per heavy atom. The number of amides is 2. The van der Waals surface area contributed by atoms with Gasteiger partial charge in [-0.25, -0.2) is 0 Å². The maximum atomic E-state index is 12.8. The summed E-state index contributed by atoms with van der Waals surface area (Å²) in [4.78, 5) is 29.3. The number of fused-ring (bicyclic) bond motifs is 1. The molecule has 158 valence electrons. The monoisotopic (exact) mass is 405 g/mol. The van der Waals surface area contributed by atoms with Crippen molar-refractivity contribution in [2.24, 2.45) is 11.8 Å². The molecule has 0 spiro atoms. The van der Waals surface area contributed by atoms with Crippen molar-refractivity contribution in [3.8, 4) is 0 Å². The lowest BCUT2D eigenvalue weighted by molar-refractivity contribution is 0.0812. The fraction of sp³-hybridized carbons (Fsp3) is 0.440. The molecule has 2 amide bonds. The Morgan fingerprint density at radius 1 is 1.13 bits per heavy atom. The van der Waals surface area contributed by atoms with Crippen molar-refractivity contribution in [2.75, 3.05) is 32.5 Å². The van der Waals surface area contributed by atoms with Crippen molar-refractivity contribution in [1.29, 1.82) is 0 Å². The van der Waals surface area contributed by atoms with E-state index in [-0.39, 0.29) is 11.8 Å². The van der Waals surface area contributed by atoms with Crippen LogP contribution in [0.5, 0.6) is 0 Å². The van der Waals surface area contributed by atoms with Gasteiger partial charge in [0.05, 0.1) is 11.1 Å². The minimum Gasteiger partial charge on any atom is -0.337 e. The first-order chi connectivity index (χ1) is 14.4. The van der Waals surface area contributed by atoms with Crippen LogP contribution in [-0.4, -0.2) is 48.8 Å². The Balaban J connectivity index is 1.37. The van der Waals surface area contributed by atoms with Crippen LogP contribution in [-0.2, 0) is 13.0 Å². The van der Waals surface area contributed by atoms with Crippen molar-refractivity contribution < 1.29 is 9.59 Å². The maximum Gasteiger partial charge on any atom is 0.256 e. The molecule has 1 saturated heterocycles. The van der Waals surface area contributed by atoms with Crippen LogP contribution in [0.2, 0.25) is 0 Å². The molecule has 2 unspecified atom stereocenters. The van der Waals surface area contributed by atoms with Crippen molar-refractivity contribution in [3.63, 3.8) is 0 Å². The highest BCUT2D eigenvalue weighted by Gasteiger charge is 2.29. The van der Waals surface area contributed by atoms with Gasteiger partial charge in [0.15, 0.2) is 0 Å². The summed E-state index contributed by atoms with van der Waals surface area (Å²) in [5.41, 5.74) is 3.95. The quantitative estimate of drug-likeness (QED) is 0.817. The average molecular weight is 406 g/mol. The van der Waals surface area contributed by atoms with Crippen LogP contribution in [0.1, 0.15) is 51.6 Å². The van der Waals surface area contributed by atoms with Crippen LogP contribution < -0.4 is 5.32 Å². The Kier molecular flexibility index (Phi) is 5.91. The van der Waals surface area contributed by atoms with Gasteiger partial charge in [0.25, 0.3) is 11.8 Å². The molecule has 1 N–H and O–H groups in total. The molecule has 4 rings (SSSR count). The third-order valence-corrected chi connectivity index (χ3v) is 6.67. The highest BCUT2D eigenvalue weighted by molar-refractivity contribution is 6.13. The van der Waals surface area contributed by atoms with E-state index >= 15 is 0 Å². The highest BCUT2D eigenvalue weighted by atomic mass is 16.2. The minimum absolute atomic E-state index is 0.0887. The van der Waals surface area contributed by atoms with Crippen molar-refractivity contribution in [1.82, 2.24) is 9.80 Å². The molecule has 0 aliphatic carbocycles. The number of piperidine rings is 1. The van der Waals surface area contributed by atoms with E-state index in [1.165, 1.54) is 31.5 Å². The van der Waals surface area contributed by atoms with Gasteiger partial charge in [0, 0.05) is 25.8 Å². The number of rotatable bonds is 5. The molecule has 0 saturated carbocycles. The van der Waals surface area contributed by atoms with Crippen molar-refractivity contribution >= 4 is 17.5 Å². The smallest absolute Gasteiger partial charge is 0.256 e. The lowest BCUT2D eigenvalue weighted by Crippen LogP contribution is -2.36. The van der Waals surface area contributed by atoms with Crippen LogP contribution in [0.4, 0.5) is 5.69 Å². The van der Waals surface area contributed by atoms with E-state index in [0.717, 1.165) is 29.5 Å². The second-order valence-electron chi connectivity index (χ2n) is 8.98. The molecule has 5 nitrogen and oxygen atoms in total. The summed E-state index contributed by atoms with van der Waals surface area (Å²) in [6, 6.07) is 13.6. The molecular formula is C25H31N3O2. The number of aryl methyl sites for hydroxylation is 1. The standard InChI is InChI=1S/C25H31N3O2/c1-17-15-27(2)14-13-19(17)10-7-18-8-11-21(12-9-18)26-24(29)22-6-4-5-20-16-28(3)25(30)23(20)22/h4-6,8-9,11-12,17,19H,7,10,13-16H2,1-3H3,(H,26,29). The molecule has 2 atom stereocenters. The first-order valence-corrected chi connectivity index (χ1v) is 10.9. The molecule has 1 fully saturated rings. The van der Waals surface area contributed by atoms with Gasteiger partial charge >= 0.3 is 0 Å². The van der Waals surface area contributed by atoms with Crippen molar-refractivity contribution in [2.45, 2.75) is 32.7 Å². The molecular weight excluding hydrogens is 374 g/mol. The molecule has 2 aromatic carbocycles. The summed E-state index contributed by atoms with van der Waals surface area (Å²) in [5, 5.41) is 2.95. The number of nitrogens with zero attached hydrogens (tertiary/aromatic N) is 2. The Labute approximate surface area is 179 Å². The van der Waals surface area contributed by atoms with Gasteiger partial charge in [0.2, 0.25) is 0 Å². The zero-order valence-electron chi connectivity index (χ0n) is 18.1. The molecule has 0 radical (unpaired) electrons. The number of hydrogen-bond donors (Lipinski definition) is 1. The summed E-state index contributed by atoms with van der Waals surface area (Å²) in [7, 11) is 3.96. The van der Waals surface area contributed by atoms with Crippen LogP contribution in [0.15, 0.2) is 42.5 Å². The number of benzene rings is 2. The van der Waals surface area contributed by atoms with E-state index < -0.39 is 0 Å². The molecule has 0 aromatic heterocycles. The second kappa shape index (κ2) is 8.60. The zero-order valence-corrected chi connectivity index (χ0v) is 18.1. The third-order valence-electron chi connectivity index (χ3n) is 6.67. The van der Waals surface area contributed by atoms with Gasteiger partial charge < -0.3 is 15.1 Å². The van der Waals surface area contributed by atoms with Gasteiger partial charge in [-0.3, -0.25) is 9.59 Å². The highest BCUT2D eigenvalue weighted by Crippen LogP contribution is 2.28. The number of hydrogen-bond acceptors (Lipinski definition) is 3. The summed E-state index contributed by atoms with van der Waals surface area (Å²) in [6.07, 6.45) is 3.56. The SMILES string of the molecule is CC1CN(C)CCC1CCc1ccc(NC(=O)c2cccc3c2C(=O)N(C)C3)cc1. The minimum atomic E-state index is -0.233. The summed E-state index contributed by atoms with van der Waals surface area (Å²) in [5.74, 6) is 1.21. The van der Waals surface area contributed by atoms with Crippen LogP contribution in [0.25, 0.3) is 0 Å². The summed E-state index contributed by atoms with van der Waals surface area (Å²) < 4.78 is 0. The normalized spacial score (nSPS) is 21.6. The number of anilines is 1. The van der Waals surface area contributed by atoms with Gasteiger partial charge in [0.1, 0.15) is 0 Å². The topological polar surface area (TPSA) is 52.7 Å². The van der Waals surface area contributed by atoms with Gasteiger partial charge in [-0.15, -0.1) is 0 Å². The zero-order chi connectivity index (χ0) is 21.3. The number of nitrogens with one attached hydrogen (secondary N) is 1. The van der Waals surface area contributed by atoms with E-state index in [0.29, 0.717) is 17.7 Å². The van der Waals surface area contributed by atoms with E-state index in [4.69, 9.17) is 0 Å². The van der Waals surface area contributed by atoms with Crippen LogP contribution in [0, 0.1) is 11.8 Å². The molecule has 0 bridgehead atoms. The molecule has 2 heterocycles. The fourth-order valence-corrected chi connectivity index (χ4v) is 4.83. The second-order valence-corrected chi connectivity index (χ2v) is 8.98. The van der Waals surface area contributed by atoms with Crippen LogP contribution in [0.3, 0.4) is 0 Å². The number of likely N-dealkylation sites (tertiary alicyclic amines) is 1. The van der Waals surface area contributed by atoms with E-state index in [1.54, 1.807) is 18.0 Å². The lowest BCUT2D eigenvalue weighted by atomic mass is 9.83. The average Bonchev–Trinajstić information content (AvgIpc) is 3.02. The predicted octanol–water partition coefficient (Wildman–Crippen LogP) is 4.04. The van der Waals surface area contributed by atoms with Gasteiger partial charge in [-0.05, 0) is 74.0 Å². The Bertz CT molecular complexity index is 938. The predicted molar refractivity (Wildman–Crippen MR) is 120 cm³/mol. The molecule has 2 aliphatic heterocycles. The lowest BCUT2D eigenvalue weighted by Gasteiger charge is -2.34. The molecule has 2 aromatic rings. The number of carbonyl (C=O) groups is 2. The maximum absolute atomic E-state index is 12.8. The van der Waals surface area contributed by atoms with E-state index in [1.807, 2.05) is 24.3 Å². The van der Waals surface area contributed by atoms with E-state index in [2.05, 4.69) is 36.3 Å². The summed E-state index contributed by atoms with van der Waals surface area (Å²) in [6.45, 7) is 5.31. The fourth-order valence-electron chi connectivity index (χ4n) is 4.83. The Morgan fingerprint density at radius 2 is 1.90 bits per heavy atom. The molecule has 30 heavy (non-hydrogen) atoms. The van der Waals surface area contributed by atoms with Gasteiger partial charge in [-0.1, -0.05) is 31.2 Å². The molecule has 5 heteroatoms. The van der Waals surface area contributed by atoms with Gasteiger partial charge in [-0.2, -0.15) is 0 Å². The number of carbonyl (C=O) groups excluding carboxylic acids is 2.